The van der Waals surface area contributed by atoms with Gasteiger partial charge in [-0.2, -0.15) is 11.8 Å². The van der Waals surface area contributed by atoms with E-state index in [4.69, 9.17) is 5.11 Å². The van der Waals surface area contributed by atoms with Crippen LogP contribution in [0.2, 0.25) is 0 Å². The van der Waals surface area contributed by atoms with Crippen molar-refractivity contribution in [2.24, 2.45) is 11.8 Å². The van der Waals surface area contributed by atoms with Crippen LogP contribution in [-0.2, 0) is 19.6 Å². The molecule has 2 rings (SSSR count). The third kappa shape index (κ3) is 4.10. The van der Waals surface area contributed by atoms with E-state index >= 15 is 0 Å². The van der Waals surface area contributed by atoms with Crippen LogP contribution in [0.4, 0.5) is 0 Å². The fraction of sp³-hybridized carbons (Fsp3) is 0.833. The Morgan fingerprint density at radius 1 is 1.19 bits per heavy atom. The number of nitrogens with one attached hydrogen (secondary N) is 1. The second-order valence-electron chi connectivity index (χ2n) is 5.25. The molecule has 2 atom stereocenters. The highest BCUT2D eigenvalue weighted by Crippen LogP contribution is 2.34. The second-order valence-corrected chi connectivity index (χ2v) is 8.56. The molecule has 2 unspecified atom stereocenters. The maximum absolute atomic E-state index is 12.1. The Morgan fingerprint density at radius 2 is 1.81 bits per heavy atom. The molecule has 1 aliphatic carbocycles. The number of hydrogen-bond donors (Lipinski definition) is 2. The zero-order chi connectivity index (χ0) is 15.5. The normalized spacial score (nSPS) is 26.9. The molecule has 9 heteroatoms. The fourth-order valence-corrected chi connectivity index (χ4v) is 4.99. The monoisotopic (exact) mass is 336 g/mol. The molecule has 1 saturated carbocycles. The summed E-state index contributed by atoms with van der Waals surface area (Å²) in [4.78, 5) is 22.7. The molecule has 2 N–H and O–H groups in total. The van der Waals surface area contributed by atoms with E-state index in [1.807, 2.05) is 0 Å². The van der Waals surface area contributed by atoms with Crippen molar-refractivity contribution in [3.8, 4) is 0 Å². The summed E-state index contributed by atoms with van der Waals surface area (Å²) in [5.74, 6) is -0.981. The van der Waals surface area contributed by atoms with Gasteiger partial charge in [-0.15, -0.1) is 0 Å². The molecule has 0 bridgehead atoms. The van der Waals surface area contributed by atoms with E-state index in [1.54, 1.807) is 11.8 Å². The average molecular weight is 336 g/mol. The largest absolute Gasteiger partial charge is 0.481 e. The highest BCUT2D eigenvalue weighted by Gasteiger charge is 2.41. The SMILES string of the molecule is O=C(O)C1CCC1C(=O)NCCS(=O)(=O)N1CCSCC1. The zero-order valence-corrected chi connectivity index (χ0v) is 13.3. The minimum atomic E-state index is -3.33. The van der Waals surface area contributed by atoms with Crippen molar-refractivity contribution < 1.29 is 23.1 Å². The summed E-state index contributed by atoms with van der Waals surface area (Å²) >= 11 is 1.73. The van der Waals surface area contributed by atoms with Crippen LogP contribution in [0, 0.1) is 11.8 Å². The van der Waals surface area contributed by atoms with Crippen LogP contribution in [0.15, 0.2) is 0 Å². The minimum absolute atomic E-state index is 0.0354. The average Bonchev–Trinajstić information content (AvgIpc) is 2.37. The Labute approximate surface area is 128 Å². The molecule has 0 spiro atoms. The lowest BCUT2D eigenvalue weighted by Crippen LogP contribution is -2.46. The highest BCUT2D eigenvalue weighted by atomic mass is 32.2. The molecule has 21 heavy (non-hydrogen) atoms. The van der Waals surface area contributed by atoms with E-state index in [1.165, 1.54) is 4.31 Å². The first-order chi connectivity index (χ1) is 9.92. The predicted octanol–water partition coefficient (Wildman–Crippen LogP) is -0.408. The molecule has 0 aromatic heterocycles. The number of carbonyl (C=O) groups is 2. The number of carboxylic acid groups (broad SMARTS) is 1. The molecule has 1 amide bonds. The summed E-state index contributed by atoms with van der Waals surface area (Å²) in [6.07, 6.45) is 1.07. The molecule has 7 nitrogen and oxygen atoms in total. The van der Waals surface area contributed by atoms with Crippen LogP contribution in [0.5, 0.6) is 0 Å². The van der Waals surface area contributed by atoms with Crippen LogP contribution in [-0.4, -0.2) is 66.6 Å². The van der Waals surface area contributed by atoms with Crippen molar-refractivity contribution in [3.05, 3.63) is 0 Å². The lowest BCUT2D eigenvalue weighted by atomic mass is 9.73. The Bertz CT molecular complexity index is 502. The summed E-state index contributed by atoms with van der Waals surface area (Å²) in [6.45, 7) is 1.07. The van der Waals surface area contributed by atoms with E-state index in [-0.39, 0.29) is 18.2 Å². The molecular formula is C12H20N2O5S2. The van der Waals surface area contributed by atoms with Crippen molar-refractivity contribution in [1.29, 1.82) is 0 Å². The maximum Gasteiger partial charge on any atom is 0.307 e. The first-order valence-corrected chi connectivity index (χ1v) is 9.74. The fourth-order valence-electron chi connectivity index (χ4n) is 2.50. The van der Waals surface area contributed by atoms with Crippen LogP contribution < -0.4 is 5.32 Å². The lowest BCUT2D eigenvalue weighted by molar-refractivity contribution is -0.152. The number of rotatable bonds is 6. The summed E-state index contributed by atoms with van der Waals surface area (Å²) in [5, 5.41) is 11.4. The van der Waals surface area contributed by atoms with Crippen molar-refractivity contribution >= 4 is 33.7 Å². The standard InChI is InChI=1S/C12H20N2O5S2/c15-11(9-1-2-10(9)12(16)17)13-3-8-21(18,19)14-4-6-20-7-5-14/h9-10H,1-8H2,(H,13,15)(H,16,17). The number of aliphatic carboxylic acids is 1. The quantitative estimate of drug-likeness (QED) is 0.683. The first-order valence-electron chi connectivity index (χ1n) is 6.98. The van der Waals surface area contributed by atoms with Crippen molar-refractivity contribution in [2.45, 2.75) is 12.8 Å². The topological polar surface area (TPSA) is 104 Å². The number of amides is 1. The molecule has 0 radical (unpaired) electrons. The smallest absolute Gasteiger partial charge is 0.307 e. The van der Waals surface area contributed by atoms with E-state index < -0.39 is 27.8 Å². The van der Waals surface area contributed by atoms with Gasteiger partial charge in [0.1, 0.15) is 0 Å². The Hall–Kier alpha value is -0.800. The molecule has 1 heterocycles. The number of carbonyl (C=O) groups excluding carboxylic acids is 1. The Balaban J connectivity index is 1.76. The van der Waals surface area contributed by atoms with Gasteiger partial charge < -0.3 is 10.4 Å². The van der Waals surface area contributed by atoms with Gasteiger partial charge in [-0.3, -0.25) is 9.59 Å². The summed E-state index contributed by atoms with van der Waals surface area (Å²) in [5.41, 5.74) is 0. The van der Waals surface area contributed by atoms with E-state index in [0.717, 1.165) is 11.5 Å². The van der Waals surface area contributed by atoms with Gasteiger partial charge in [0.2, 0.25) is 15.9 Å². The van der Waals surface area contributed by atoms with Gasteiger partial charge in [0.25, 0.3) is 0 Å². The van der Waals surface area contributed by atoms with E-state index in [9.17, 15) is 18.0 Å². The van der Waals surface area contributed by atoms with E-state index in [0.29, 0.717) is 25.9 Å². The van der Waals surface area contributed by atoms with E-state index in [2.05, 4.69) is 5.32 Å². The highest BCUT2D eigenvalue weighted by molar-refractivity contribution is 7.99. The van der Waals surface area contributed by atoms with Gasteiger partial charge in [-0.1, -0.05) is 0 Å². The van der Waals surface area contributed by atoms with Crippen LogP contribution in [0.25, 0.3) is 0 Å². The van der Waals surface area contributed by atoms with Gasteiger partial charge in [-0.05, 0) is 12.8 Å². The second kappa shape index (κ2) is 6.97. The van der Waals surface area contributed by atoms with Gasteiger partial charge in [-0.25, -0.2) is 12.7 Å². The third-order valence-electron chi connectivity index (χ3n) is 3.95. The van der Waals surface area contributed by atoms with Crippen LogP contribution >= 0.6 is 11.8 Å². The van der Waals surface area contributed by atoms with Crippen molar-refractivity contribution in [3.63, 3.8) is 0 Å². The molecule has 120 valence electrons. The van der Waals surface area contributed by atoms with Gasteiger partial charge >= 0.3 is 5.97 Å². The summed E-state index contributed by atoms with van der Waals surface area (Å²) in [7, 11) is -3.33. The third-order valence-corrected chi connectivity index (χ3v) is 6.77. The number of carboxylic acids is 1. The van der Waals surface area contributed by atoms with Gasteiger partial charge in [0, 0.05) is 31.1 Å². The summed E-state index contributed by atoms with van der Waals surface area (Å²) in [6, 6.07) is 0. The maximum atomic E-state index is 12.1. The molecular weight excluding hydrogens is 316 g/mol. The van der Waals surface area contributed by atoms with Crippen molar-refractivity contribution in [2.75, 3.05) is 36.9 Å². The van der Waals surface area contributed by atoms with Crippen LogP contribution in [0.1, 0.15) is 12.8 Å². The molecule has 1 aliphatic heterocycles. The summed E-state index contributed by atoms with van der Waals surface area (Å²) < 4.78 is 25.6. The Morgan fingerprint density at radius 3 is 2.33 bits per heavy atom. The molecule has 0 aromatic rings. The minimum Gasteiger partial charge on any atom is -0.481 e. The number of sulfonamides is 1. The molecule has 0 aromatic carbocycles. The zero-order valence-electron chi connectivity index (χ0n) is 11.7. The first kappa shape index (κ1) is 16.6. The number of hydrogen-bond acceptors (Lipinski definition) is 5. The Kier molecular flexibility index (Phi) is 5.50. The van der Waals surface area contributed by atoms with Gasteiger partial charge in [0.15, 0.2) is 0 Å². The van der Waals surface area contributed by atoms with Crippen molar-refractivity contribution in [1.82, 2.24) is 9.62 Å². The molecule has 2 aliphatic rings. The predicted molar refractivity (Wildman–Crippen MR) is 79.5 cm³/mol. The number of thioether (sulfide) groups is 1. The van der Waals surface area contributed by atoms with Gasteiger partial charge in [0.05, 0.1) is 17.6 Å². The van der Waals surface area contributed by atoms with Crippen LogP contribution in [0.3, 0.4) is 0 Å². The molecule has 2 fully saturated rings. The molecule has 1 saturated heterocycles. The lowest BCUT2D eigenvalue weighted by Gasteiger charge is -2.32. The number of nitrogens with zero attached hydrogens (tertiary/aromatic N) is 1.